The lowest BCUT2D eigenvalue weighted by molar-refractivity contribution is -0.116. The molecule has 0 aromatic rings. The molecule has 0 fully saturated rings. The van der Waals surface area contributed by atoms with Crippen LogP contribution in [0.5, 0.6) is 0 Å². The van der Waals surface area contributed by atoms with Gasteiger partial charge in [-0.2, -0.15) is 5.26 Å². The smallest absolute Gasteiger partial charge is 0.130 e. The Morgan fingerprint density at radius 2 is 2.25 bits per heavy atom. The van der Waals surface area contributed by atoms with E-state index in [9.17, 15) is 4.79 Å². The Bertz CT molecular complexity index is 103. The summed E-state index contributed by atoms with van der Waals surface area (Å²) in [5.41, 5.74) is 0. The van der Waals surface area contributed by atoms with Crippen LogP contribution in [0.3, 0.4) is 0 Å². The molecular weight excluding hydrogens is 106 g/mol. The van der Waals surface area contributed by atoms with Gasteiger partial charge in [-0.05, 0) is 6.92 Å². The van der Waals surface area contributed by atoms with E-state index in [1.54, 1.807) is 0 Å². The van der Waals surface area contributed by atoms with Gasteiger partial charge in [-0.25, -0.2) is 0 Å². The highest BCUT2D eigenvalue weighted by atomic mass is 16.1. The first-order chi connectivity index (χ1) is 3.27. The van der Waals surface area contributed by atoms with Crippen molar-refractivity contribution in [2.24, 2.45) is 0 Å². The number of carbonyl (C=O) groups is 1. The lowest BCUT2D eigenvalue weighted by Crippen LogP contribution is -1.85. The Morgan fingerprint density at radius 3 is 2.38 bits per heavy atom. The minimum absolute atomic E-state index is 0. The third kappa shape index (κ3) is 8.93. The molecule has 46 valence electrons. The number of rotatable bonds is 2. The van der Waals surface area contributed by atoms with Crippen molar-refractivity contribution >= 4 is 5.78 Å². The van der Waals surface area contributed by atoms with Crippen molar-refractivity contribution in [3.63, 3.8) is 0 Å². The van der Waals surface area contributed by atoms with Crippen LogP contribution in [0.4, 0.5) is 0 Å². The number of hydrogen-bond donors (Lipinski definition) is 0. The van der Waals surface area contributed by atoms with Gasteiger partial charge in [0.15, 0.2) is 0 Å². The summed E-state index contributed by atoms with van der Waals surface area (Å²) in [7, 11) is 0. The van der Waals surface area contributed by atoms with E-state index >= 15 is 0 Å². The summed E-state index contributed by atoms with van der Waals surface area (Å²) in [6.45, 7) is 1.48. The fraction of sp³-hybridized carbons (Fsp3) is 0.600. The summed E-state index contributed by atoms with van der Waals surface area (Å²) < 4.78 is 0. The second kappa shape index (κ2) is 6.12. The zero-order valence-electron chi connectivity index (χ0n) is 4.77. The van der Waals surface area contributed by atoms with Crippen molar-refractivity contribution in [1.82, 2.24) is 0 Å². The van der Waals surface area contributed by atoms with Crippen molar-refractivity contribution in [1.29, 1.82) is 5.26 Å². The van der Waals surface area contributed by atoms with E-state index in [0.29, 0.717) is 12.8 Å². The summed E-state index contributed by atoms with van der Waals surface area (Å²) in [6, 6.07) is 1.88. The molecule has 3 heteroatoms. The van der Waals surface area contributed by atoms with Gasteiger partial charge < -0.3 is 5.48 Å². The Morgan fingerprint density at radius 1 is 1.75 bits per heavy atom. The van der Waals surface area contributed by atoms with Gasteiger partial charge in [-0.15, -0.1) is 0 Å². The topological polar surface area (TPSA) is 72.4 Å². The number of hydrogen-bond acceptors (Lipinski definition) is 2. The van der Waals surface area contributed by atoms with E-state index in [1.165, 1.54) is 6.92 Å². The molecule has 0 amide bonds. The monoisotopic (exact) mass is 115 g/mol. The Hall–Kier alpha value is -0.880. The molecule has 2 N–H and O–H groups in total. The number of nitriles is 1. The van der Waals surface area contributed by atoms with Crippen LogP contribution in [0.25, 0.3) is 0 Å². The molecule has 0 unspecified atom stereocenters. The lowest BCUT2D eigenvalue weighted by atomic mass is 10.2. The van der Waals surface area contributed by atoms with Gasteiger partial charge in [0.25, 0.3) is 0 Å². The average Bonchev–Trinajstić information content (AvgIpc) is 1.61. The van der Waals surface area contributed by atoms with Gasteiger partial charge >= 0.3 is 0 Å². The van der Waals surface area contributed by atoms with Crippen molar-refractivity contribution in [3.05, 3.63) is 0 Å². The van der Waals surface area contributed by atoms with Gasteiger partial charge in [0.1, 0.15) is 5.78 Å². The van der Waals surface area contributed by atoms with Crippen molar-refractivity contribution in [3.8, 4) is 6.07 Å². The molecule has 3 nitrogen and oxygen atoms in total. The zero-order valence-corrected chi connectivity index (χ0v) is 4.77. The fourth-order valence-electron chi connectivity index (χ4n) is 0.232. The number of carbonyl (C=O) groups excluding carboxylic acids is 1. The minimum atomic E-state index is 0. The molecule has 0 atom stereocenters. The minimum Gasteiger partial charge on any atom is -0.412 e. The van der Waals surface area contributed by atoms with Crippen LogP contribution in [-0.2, 0) is 4.79 Å². The maximum atomic E-state index is 10.1. The van der Waals surface area contributed by atoms with E-state index in [1.807, 2.05) is 6.07 Å². The van der Waals surface area contributed by atoms with Crippen molar-refractivity contribution in [2.75, 3.05) is 0 Å². The standard InChI is InChI=1S/C5H7NO.H2O/c1-5(7)3-2-4-6;/h2-3H2,1H3;1H2. The molecule has 0 bridgehead atoms. The molecule has 0 aromatic carbocycles. The van der Waals surface area contributed by atoms with Crippen LogP contribution in [0.1, 0.15) is 19.8 Å². The summed E-state index contributed by atoms with van der Waals surface area (Å²) in [5, 5.41) is 7.91. The van der Waals surface area contributed by atoms with Gasteiger partial charge in [-0.3, -0.25) is 4.79 Å². The normalized spacial score (nSPS) is 6.50. The van der Waals surface area contributed by atoms with E-state index in [4.69, 9.17) is 5.26 Å². The molecule has 0 heterocycles. The average molecular weight is 115 g/mol. The largest absolute Gasteiger partial charge is 0.412 e. The summed E-state index contributed by atoms with van der Waals surface area (Å²) in [6.07, 6.45) is 0.756. The lowest BCUT2D eigenvalue weighted by Gasteiger charge is -1.78. The highest BCUT2D eigenvalue weighted by Crippen LogP contribution is 1.84. The van der Waals surface area contributed by atoms with Crippen molar-refractivity contribution < 1.29 is 10.3 Å². The first-order valence-electron chi connectivity index (χ1n) is 2.13. The van der Waals surface area contributed by atoms with E-state index in [2.05, 4.69) is 0 Å². The van der Waals surface area contributed by atoms with Gasteiger partial charge in [0.2, 0.25) is 0 Å². The molecule has 0 saturated carbocycles. The second-order valence-corrected chi connectivity index (χ2v) is 1.36. The van der Waals surface area contributed by atoms with Gasteiger partial charge in [0.05, 0.1) is 6.07 Å². The maximum absolute atomic E-state index is 10.1. The predicted octanol–water partition coefficient (Wildman–Crippen LogP) is 0.0545. The van der Waals surface area contributed by atoms with Crippen LogP contribution in [0.2, 0.25) is 0 Å². The van der Waals surface area contributed by atoms with Crippen LogP contribution in [0.15, 0.2) is 0 Å². The molecular formula is C5H9NO2. The first-order valence-corrected chi connectivity index (χ1v) is 2.13. The molecule has 0 aromatic heterocycles. The quantitative estimate of drug-likeness (QED) is 0.510. The van der Waals surface area contributed by atoms with Gasteiger partial charge in [-0.1, -0.05) is 0 Å². The highest BCUT2D eigenvalue weighted by Gasteiger charge is 1.87. The van der Waals surface area contributed by atoms with E-state index in [0.717, 1.165) is 0 Å². The molecule has 8 heavy (non-hydrogen) atoms. The number of Topliss-reactive ketones (excluding diaryl/α,β-unsaturated/α-hetero) is 1. The number of ketones is 1. The van der Waals surface area contributed by atoms with Crippen LogP contribution in [-0.4, -0.2) is 11.3 Å². The molecule has 0 radical (unpaired) electrons. The van der Waals surface area contributed by atoms with Crippen LogP contribution in [0, 0.1) is 11.3 Å². The van der Waals surface area contributed by atoms with Gasteiger partial charge in [0, 0.05) is 12.8 Å². The zero-order chi connectivity index (χ0) is 5.70. The van der Waals surface area contributed by atoms with Crippen molar-refractivity contribution in [2.45, 2.75) is 19.8 Å². The molecule has 0 aliphatic rings. The summed E-state index contributed by atoms with van der Waals surface area (Å²) in [4.78, 5) is 10.1. The predicted molar refractivity (Wildman–Crippen MR) is 29.1 cm³/mol. The SMILES string of the molecule is CC(=O)CCC#N.O. The third-order valence-corrected chi connectivity index (χ3v) is 0.589. The molecule has 0 rings (SSSR count). The molecule has 0 spiro atoms. The molecule has 0 aliphatic carbocycles. The second-order valence-electron chi connectivity index (χ2n) is 1.36. The fourth-order valence-corrected chi connectivity index (χ4v) is 0.232. The summed E-state index contributed by atoms with van der Waals surface area (Å²) in [5.74, 6) is 0.0848. The molecule has 0 saturated heterocycles. The van der Waals surface area contributed by atoms with E-state index < -0.39 is 0 Å². The maximum Gasteiger partial charge on any atom is 0.130 e. The Balaban J connectivity index is 0. The summed E-state index contributed by atoms with van der Waals surface area (Å²) >= 11 is 0. The Kier molecular flexibility index (Phi) is 7.78. The Labute approximate surface area is 48.2 Å². The van der Waals surface area contributed by atoms with Crippen LogP contribution >= 0.6 is 0 Å². The third-order valence-electron chi connectivity index (χ3n) is 0.589. The first kappa shape index (κ1) is 10.2. The van der Waals surface area contributed by atoms with Crippen LogP contribution < -0.4 is 0 Å². The highest BCUT2D eigenvalue weighted by molar-refractivity contribution is 5.75. The van der Waals surface area contributed by atoms with E-state index in [-0.39, 0.29) is 11.3 Å². The molecule has 0 aliphatic heterocycles. The number of nitrogens with zero attached hydrogens (tertiary/aromatic N) is 1.